The average Bonchev–Trinajstić information content (AvgIpc) is 3.13. The Hall–Kier alpha value is -2.23. The molecular weight excluding hydrogens is 332 g/mol. The van der Waals surface area contributed by atoms with Gasteiger partial charge in [0.15, 0.2) is 0 Å². The van der Waals surface area contributed by atoms with Crippen molar-refractivity contribution < 1.29 is 17.9 Å². The van der Waals surface area contributed by atoms with Gasteiger partial charge in [0, 0.05) is 13.6 Å². The molecule has 3 rings (SSSR count). The van der Waals surface area contributed by atoms with Crippen LogP contribution in [0, 0.1) is 0 Å². The third-order valence-corrected chi connectivity index (χ3v) is 5.68. The quantitative estimate of drug-likeness (QED) is 0.838. The smallest absolute Gasteiger partial charge is 0.247 e. The SMILES string of the molecule is CNC(=O)C1COCCN1S(=O)(=O)c1cnn(-c2ccccc2)c1. The zero-order chi connectivity index (χ0) is 17.2. The van der Waals surface area contributed by atoms with Gasteiger partial charge in [0.1, 0.15) is 10.9 Å². The Morgan fingerprint density at radius 1 is 1.33 bits per heavy atom. The third-order valence-electron chi connectivity index (χ3n) is 3.81. The standard InChI is InChI=1S/C15H18N4O4S/c1-16-15(20)14-11-23-8-7-19(14)24(21,22)13-9-17-18(10-13)12-5-3-2-4-6-12/h2-6,9-10,14H,7-8,11H2,1H3,(H,16,20). The van der Waals surface area contributed by atoms with Crippen LogP contribution in [0.4, 0.5) is 0 Å². The lowest BCUT2D eigenvalue weighted by atomic mass is 10.2. The summed E-state index contributed by atoms with van der Waals surface area (Å²) in [5.74, 6) is -0.395. The lowest BCUT2D eigenvalue weighted by Gasteiger charge is -2.32. The Morgan fingerprint density at radius 3 is 2.79 bits per heavy atom. The number of para-hydroxylation sites is 1. The number of hydrogen-bond donors (Lipinski definition) is 1. The fourth-order valence-electron chi connectivity index (χ4n) is 2.55. The van der Waals surface area contributed by atoms with Crippen LogP contribution in [0.5, 0.6) is 0 Å². The largest absolute Gasteiger partial charge is 0.378 e. The molecule has 1 N–H and O–H groups in total. The number of ether oxygens (including phenoxy) is 1. The van der Waals surface area contributed by atoms with Crippen molar-refractivity contribution in [3.63, 3.8) is 0 Å². The summed E-state index contributed by atoms with van der Waals surface area (Å²) in [4.78, 5) is 12.0. The highest BCUT2D eigenvalue weighted by molar-refractivity contribution is 7.89. The Bertz CT molecular complexity index is 819. The molecule has 8 nitrogen and oxygen atoms in total. The van der Waals surface area contributed by atoms with Crippen LogP contribution >= 0.6 is 0 Å². The second-order valence-corrected chi connectivity index (χ2v) is 7.17. The van der Waals surface area contributed by atoms with E-state index in [9.17, 15) is 13.2 Å². The maximum Gasteiger partial charge on any atom is 0.247 e. The summed E-state index contributed by atoms with van der Waals surface area (Å²) in [5, 5.41) is 6.59. The lowest BCUT2D eigenvalue weighted by Crippen LogP contribution is -2.55. The highest BCUT2D eigenvalue weighted by atomic mass is 32.2. The van der Waals surface area contributed by atoms with E-state index < -0.39 is 22.0 Å². The minimum Gasteiger partial charge on any atom is -0.378 e. The van der Waals surface area contributed by atoms with Crippen LogP contribution in [0.3, 0.4) is 0 Å². The number of morpholine rings is 1. The maximum atomic E-state index is 12.9. The molecule has 0 radical (unpaired) electrons. The second-order valence-electron chi connectivity index (χ2n) is 5.28. The predicted octanol–water partition coefficient (Wildman–Crippen LogP) is 0.00780. The number of nitrogens with zero attached hydrogens (tertiary/aromatic N) is 3. The van der Waals surface area contributed by atoms with Gasteiger partial charge in [-0.2, -0.15) is 9.40 Å². The number of rotatable bonds is 4. The van der Waals surface area contributed by atoms with E-state index in [2.05, 4.69) is 10.4 Å². The van der Waals surface area contributed by atoms with Gasteiger partial charge < -0.3 is 10.1 Å². The van der Waals surface area contributed by atoms with Crippen LogP contribution in [0.2, 0.25) is 0 Å². The van der Waals surface area contributed by atoms with Gasteiger partial charge in [0.25, 0.3) is 0 Å². The third kappa shape index (κ3) is 3.05. The lowest BCUT2D eigenvalue weighted by molar-refractivity contribution is -0.128. The summed E-state index contributed by atoms with van der Waals surface area (Å²) in [6, 6.07) is 8.32. The van der Waals surface area contributed by atoms with Gasteiger partial charge >= 0.3 is 0 Å². The van der Waals surface area contributed by atoms with E-state index >= 15 is 0 Å². The molecule has 1 aliphatic rings. The molecule has 0 aliphatic carbocycles. The van der Waals surface area contributed by atoms with Gasteiger partial charge in [-0.15, -0.1) is 0 Å². The van der Waals surface area contributed by atoms with Crippen molar-refractivity contribution in [2.24, 2.45) is 0 Å². The topological polar surface area (TPSA) is 93.5 Å². The summed E-state index contributed by atoms with van der Waals surface area (Å²) >= 11 is 0. The van der Waals surface area contributed by atoms with Gasteiger partial charge in [0.05, 0.1) is 31.3 Å². The van der Waals surface area contributed by atoms with Crippen molar-refractivity contribution in [1.82, 2.24) is 19.4 Å². The van der Waals surface area contributed by atoms with Gasteiger partial charge in [0.2, 0.25) is 15.9 Å². The summed E-state index contributed by atoms with van der Waals surface area (Å²) in [5.41, 5.74) is 0.753. The van der Waals surface area contributed by atoms with Crippen molar-refractivity contribution in [2.75, 3.05) is 26.8 Å². The Labute approximate surface area is 140 Å². The zero-order valence-electron chi connectivity index (χ0n) is 13.1. The number of likely N-dealkylation sites (N-methyl/N-ethyl adjacent to an activating group) is 1. The second kappa shape index (κ2) is 6.71. The first-order valence-corrected chi connectivity index (χ1v) is 8.89. The van der Waals surface area contributed by atoms with Gasteiger partial charge in [-0.3, -0.25) is 4.79 Å². The van der Waals surface area contributed by atoms with Gasteiger partial charge in [-0.05, 0) is 12.1 Å². The van der Waals surface area contributed by atoms with Crippen LogP contribution < -0.4 is 5.32 Å². The summed E-state index contributed by atoms with van der Waals surface area (Å²) in [6.45, 7) is 0.405. The van der Waals surface area contributed by atoms with Crippen molar-refractivity contribution >= 4 is 15.9 Å². The highest BCUT2D eigenvalue weighted by Gasteiger charge is 2.38. The molecule has 0 bridgehead atoms. The van der Waals surface area contributed by atoms with E-state index in [1.807, 2.05) is 30.3 Å². The van der Waals surface area contributed by atoms with Gasteiger partial charge in [-0.25, -0.2) is 13.1 Å². The summed E-state index contributed by atoms with van der Waals surface area (Å²) in [7, 11) is -2.38. The van der Waals surface area contributed by atoms with Crippen LogP contribution in [0.15, 0.2) is 47.6 Å². The first-order valence-electron chi connectivity index (χ1n) is 7.45. The first kappa shape index (κ1) is 16.6. The molecule has 1 saturated heterocycles. The molecule has 1 aliphatic heterocycles. The maximum absolute atomic E-state index is 12.9. The van der Waals surface area contributed by atoms with Gasteiger partial charge in [-0.1, -0.05) is 18.2 Å². The molecule has 1 atom stereocenters. The van der Waals surface area contributed by atoms with Crippen LogP contribution in [0.25, 0.3) is 5.69 Å². The molecule has 1 unspecified atom stereocenters. The number of nitrogens with one attached hydrogen (secondary N) is 1. The molecule has 1 fully saturated rings. The Morgan fingerprint density at radius 2 is 2.08 bits per heavy atom. The first-order chi connectivity index (χ1) is 11.5. The predicted molar refractivity (Wildman–Crippen MR) is 86.1 cm³/mol. The fraction of sp³-hybridized carbons (Fsp3) is 0.333. The molecule has 1 amide bonds. The molecule has 0 spiro atoms. The summed E-state index contributed by atoms with van der Waals surface area (Å²) in [6.07, 6.45) is 2.74. The molecule has 9 heteroatoms. The molecule has 2 aromatic rings. The number of hydrogen-bond acceptors (Lipinski definition) is 5. The Balaban J connectivity index is 1.92. The number of carbonyl (C=O) groups excluding carboxylic acids is 1. The minimum absolute atomic E-state index is 0.0335. The number of sulfonamides is 1. The minimum atomic E-state index is -3.84. The molecule has 24 heavy (non-hydrogen) atoms. The molecule has 0 saturated carbocycles. The number of carbonyl (C=O) groups is 1. The monoisotopic (exact) mass is 350 g/mol. The van der Waals surface area contributed by atoms with Crippen LogP contribution in [-0.4, -0.2) is 61.3 Å². The van der Waals surface area contributed by atoms with Crippen molar-refractivity contribution in [1.29, 1.82) is 0 Å². The highest BCUT2D eigenvalue weighted by Crippen LogP contribution is 2.21. The van der Waals surface area contributed by atoms with Crippen molar-refractivity contribution in [3.8, 4) is 5.69 Å². The molecule has 128 valence electrons. The summed E-state index contributed by atoms with van der Waals surface area (Å²) < 4.78 is 33.7. The van der Waals surface area contributed by atoms with Crippen LogP contribution in [-0.2, 0) is 19.6 Å². The zero-order valence-corrected chi connectivity index (χ0v) is 13.9. The molecule has 2 heterocycles. The number of benzene rings is 1. The van der Waals surface area contributed by atoms with Crippen molar-refractivity contribution in [3.05, 3.63) is 42.7 Å². The molecular formula is C15H18N4O4S. The van der Waals surface area contributed by atoms with E-state index in [1.165, 1.54) is 28.4 Å². The molecule has 1 aromatic heterocycles. The van der Waals surface area contributed by atoms with Crippen LogP contribution in [0.1, 0.15) is 0 Å². The van der Waals surface area contributed by atoms with E-state index in [-0.39, 0.29) is 24.7 Å². The van der Waals surface area contributed by atoms with E-state index in [0.717, 1.165) is 5.69 Å². The fourth-order valence-corrected chi connectivity index (χ4v) is 4.04. The normalized spacial score (nSPS) is 19.1. The van der Waals surface area contributed by atoms with E-state index in [1.54, 1.807) is 0 Å². The Kier molecular flexibility index (Phi) is 4.65. The number of aromatic nitrogens is 2. The van der Waals surface area contributed by atoms with E-state index in [4.69, 9.17) is 4.74 Å². The molecule has 1 aromatic carbocycles. The number of amides is 1. The average molecular weight is 350 g/mol. The van der Waals surface area contributed by atoms with E-state index in [0.29, 0.717) is 0 Å². The van der Waals surface area contributed by atoms with Crippen molar-refractivity contribution in [2.45, 2.75) is 10.9 Å².